The zero-order valence-corrected chi connectivity index (χ0v) is 14.3. The standard InChI is InChI=1S/C19H18F3N5/c20-19(21,22)14-5-3-12(4-6-14)17-13(11-26-27-17)10-25-16-7-9-24-18-15(16)2-1-8-23-18/h1-6,8,11,16,25H,7,9-10H2,(H,23,24)(H,26,27). The van der Waals surface area contributed by atoms with Gasteiger partial charge in [0.1, 0.15) is 5.82 Å². The van der Waals surface area contributed by atoms with Gasteiger partial charge in [0.15, 0.2) is 0 Å². The number of halogens is 3. The number of hydrogen-bond acceptors (Lipinski definition) is 4. The number of anilines is 1. The number of aromatic nitrogens is 3. The van der Waals surface area contributed by atoms with Crippen LogP contribution in [0.5, 0.6) is 0 Å². The maximum absolute atomic E-state index is 12.7. The lowest BCUT2D eigenvalue weighted by Gasteiger charge is -2.26. The Bertz CT molecular complexity index is 918. The number of nitrogens with one attached hydrogen (secondary N) is 3. The van der Waals surface area contributed by atoms with E-state index in [1.165, 1.54) is 12.1 Å². The molecule has 0 fully saturated rings. The van der Waals surface area contributed by atoms with Gasteiger partial charge >= 0.3 is 6.18 Å². The van der Waals surface area contributed by atoms with Crippen LogP contribution in [0.3, 0.4) is 0 Å². The predicted octanol–water partition coefficient (Wildman–Crippen LogP) is 4.14. The van der Waals surface area contributed by atoms with Crippen molar-refractivity contribution in [2.75, 3.05) is 11.9 Å². The summed E-state index contributed by atoms with van der Waals surface area (Å²) in [6.07, 6.45) is 0.0394. The molecule has 5 nitrogen and oxygen atoms in total. The molecule has 1 aliphatic rings. The number of rotatable bonds is 4. The fourth-order valence-corrected chi connectivity index (χ4v) is 3.30. The van der Waals surface area contributed by atoms with E-state index < -0.39 is 11.7 Å². The maximum atomic E-state index is 12.7. The molecule has 2 aromatic heterocycles. The van der Waals surface area contributed by atoms with Crippen molar-refractivity contribution in [3.63, 3.8) is 0 Å². The number of alkyl halides is 3. The molecule has 0 radical (unpaired) electrons. The Morgan fingerprint density at radius 1 is 1.15 bits per heavy atom. The fourth-order valence-electron chi connectivity index (χ4n) is 3.30. The normalized spacial score (nSPS) is 16.6. The van der Waals surface area contributed by atoms with E-state index in [0.29, 0.717) is 12.1 Å². The molecule has 0 spiro atoms. The topological polar surface area (TPSA) is 65.6 Å². The SMILES string of the molecule is FC(F)(F)c1ccc(-c2[nH]ncc2CNC2CCNc3ncccc32)cc1. The van der Waals surface area contributed by atoms with Gasteiger partial charge in [0.2, 0.25) is 0 Å². The Morgan fingerprint density at radius 2 is 1.96 bits per heavy atom. The zero-order valence-electron chi connectivity index (χ0n) is 14.3. The first-order valence-electron chi connectivity index (χ1n) is 8.64. The van der Waals surface area contributed by atoms with Crippen LogP contribution in [-0.4, -0.2) is 21.7 Å². The van der Waals surface area contributed by atoms with E-state index in [2.05, 4.69) is 25.8 Å². The van der Waals surface area contributed by atoms with E-state index in [-0.39, 0.29) is 6.04 Å². The van der Waals surface area contributed by atoms with Crippen LogP contribution in [0.25, 0.3) is 11.3 Å². The highest BCUT2D eigenvalue weighted by molar-refractivity contribution is 5.63. The van der Waals surface area contributed by atoms with Gasteiger partial charge < -0.3 is 10.6 Å². The first-order valence-corrected chi connectivity index (χ1v) is 8.64. The highest BCUT2D eigenvalue weighted by Crippen LogP contribution is 2.32. The molecule has 27 heavy (non-hydrogen) atoms. The van der Waals surface area contributed by atoms with Crippen LogP contribution in [0.15, 0.2) is 48.8 Å². The summed E-state index contributed by atoms with van der Waals surface area (Å²) in [7, 11) is 0. The van der Waals surface area contributed by atoms with E-state index in [0.717, 1.165) is 47.7 Å². The van der Waals surface area contributed by atoms with Crippen molar-refractivity contribution < 1.29 is 13.2 Å². The van der Waals surface area contributed by atoms with Crippen LogP contribution in [0.1, 0.15) is 29.2 Å². The molecule has 1 atom stereocenters. The maximum Gasteiger partial charge on any atom is 0.416 e. The summed E-state index contributed by atoms with van der Waals surface area (Å²) in [6.45, 7) is 1.38. The van der Waals surface area contributed by atoms with E-state index in [1.807, 2.05) is 12.1 Å². The minimum atomic E-state index is -4.34. The summed E-state index contributed by atoms with van der Waals surface area (Å²) in [6, 6.07) is 9.20. The number of H-pyrrole nitrogens is 1. The number of pyridine rings is 1. The molecule has 3 N–H and O–H groups in total. The van der Waals surface area contributed by atoms with Gasteiger partial charge in [-0.25, -0.2) is 4.98 Å². The minimum Gasteiger partial charge on any atom is -0.370 e. The number of benzene rings is 1. The van der Waals surface area contributed by atoms with Crippen LogP contribution in [0.2, 0.25) is 0 Å². The van der Waals surface area contributed by atoms with E-state index in [4.69, 9.17) is 0 Å². The van der Waals surface area contributed by atoms with Gasteiger partial charge in [-0.1, -0.05) is 18.2 Å². The van der Waals surface area contributed by atoms with Crippen molar-refractivity contribution in [1.82, 2.24) is 20.5 Å². The van der Waals surface area contributed by atoms with E-state index in [1.54, 1.807) is 12.4 Å². The first-order chi connectivity index (χ1) is 13.0. The van der Waals surface area contributed by atoms with Gasteiger partial charge in [-0.3, -0.25) is 5.10 Å². The van der Waals surface area contributed by atoms with Crippen molar-refractivity contribution in [3.05, 3.63) is 65.5 Å². The van der Waals surface area contributed by atoms with Crippen LogP contribution in [0, 0.1) is 0 Å². The van der Waals surface area contributed by atoms with Gasteiger partial charge in [-0.05, 0) is 30.2 Å². The molecule has 0 bridgehead atoms. The van der Waals surface area contributed by atoms with Crippen LogP contribution < -0.4 is 10.6 Å². The molecule has 0 aliphatic carbocycles. The summed E-state index contributed by atoms with van der Waals surface area (Å²) in [5.74, 6) is 0.886. The van der Waals surface area contributed by atoms with Crippen molar-refractivity contribution in [2.45, 2.75) is 25.2 Å². The number of nitrogens with zero attached hydrogens (tertiary/aromatic N) is 2. The average molecular weight is 373 g/mol. The molecule has 8 heteroatoms. The molecule has 1 aromatic carbocycles. The minimum absolute atomic E-state index is 0.158. The van der Waals surface area contributed by atoms with Crippen molar-refractivity contribution in [2.24, 2.45) is 0 Å². The Balaban J connectivity index is 1.50. The molecule has 0 saturated carbocycles. The second-order valence-corrected chi connectivity index (χ2v) is 6.44. The van der Waals surface area contributed by atoms with Gasteiger partial charge in [0, 0.05) is 36.5 Å². The lowest BCUT2D eigenvalue weighted by Crippen LogP contribution is -2.28. The molecule has 140 valence electrons. The highest BCUT2D eigenvalue weighted by atomic mass is 19.4. The summed E-state index contributed by atoms with van der Waals surface area (Å²) < 4.78 is 38.2. The molecular weight excluding hydrogens is 355 g/mol. The smallest absolute Gasteiger partial charge is 0.370 e. The Labute approximate surface area is 154 Å². The lowest BCUT2D eigenvalue weighted by molar-refractivity contribution is -0.137. The molecule has 4 rings (SSSR count). The van der Waals surface area contributed by atoms with Crippen LogP contribution >= 0.6 is 0 Å². The van der Waals surface area contributed by atoms with Crippen LogP contribution in [-0.2, 0) is 12.7 Å². The first kappa shape index (κ1) is 17.5. The number of fused-ring (bicyclic) bond motifs is 1. The lowest BCUT2D eigenvalue weighted by atomic mass is 10.0. The molecule has 3 heterocycles. The number of aromatic amines is 1. The van der Waals surface area contributed by atoms with E-state index in [9.17, 15) is 13.2 Å². The molecule has 3 aromatic rings. The molecular formula is C19H18F3N5. The third-order valence-corrected chi connectivity index (χ3v) is 4.70. The van der Waals surface area contributed by atoms with Crippen molar-refractivity contribution >= 4 is 5.82 Å². The predicted molar refractivity (Wildman–Crippen MR) is 96.0 cm³/mol. The fraction of sp³-hybridized carbons (Fsp3) is 0.263. The van der Waals surface area contributed by atoms with Crippen molar-refractivity contribution in [1.29, 1.82) is 0 Å². The molecule has 1 unspecified atom stereocenters. The summed E-state index contributed by atoms with van der Waals surface area (Å²) in [5.41, 5.74) is 2.74. The molecule has 0 amide bonds. The average Bonchev–Trinajstić information content (AvgIpc) is 3.14. The van der Waals surface area contributed by atoms with Crippen molar-refractivity contribution in [3.8, 4) is 11.3 Å². The summed E-state index contributed by atoms with van der Waals surface area (Å²) in [5, 5.41) is 13.7. The zero-order chi connectivity index (χ0) is 18.9. The molecule has 0 saturated heterocycles. The third kappa shape index (κ3) is 3.66. The largest absolute Gasteiger partial charge is 0.416 e. The summed E-state index contributed by atoms with van der Waals surface area (Å²) in [4.78, 5) is 4.35. The van der Waals surface area contributed by atoms with Gasteiger partial charge in [-0.2, -0.15) is 18.3 Å². The second-order valence-electron chi connectivity index (χ2n) is 6.44. The Kier molecular flexibility index (Phi) is 4.57. The van der Waals surface area contributed by atoms with E-state index >= 15 is 0 Å². The van der Waals surface area contributed by atoms with Gasteiger partial charge in [0.05, 0.1) is 17.5 Å². The second kappa shape index (κ2) is 7.03. The third-order valence-electron chi connectivity index (χ3n) is 4.70. The van der Waals surface area contributed by atoms with Crippen LogP contribution in [0.4, 0.5) is 19.0 Å². The van der Waals surface area contributed by atoms with Gasteiger partial charge in [0.25, 0.3) is 0 Å². The quantitative estimate of drug-likeness (QED) is 0.643. The molecule has 1 aliphatic heterocycles. The van der Waals surface area contributed by atoms with Gasteiger partial charge in [-0.15, -0.1) is 0 Å². The number of hydrogen-bond donors (Lipinski definition) is 3. The summed E-state index contributed by atoms with van der Waals surface area (Å²) >= 11 is 0. The Hall–Kier alpha value is -2.87. The monoisotopic (exact) mass is 373 g/mol. The Morgan fingerprint density at radius 3 is 2.74 bits per heavy atom. The highest BCUT2D eigenvalue weighted by Gasteiger charge is 2.30.